The number of nitrogens with zero attached hydrogens (tertiary/aromatic N) is 1. The summed E-state index contributed by atoms with van der Waals surface area (Å²) in [7, 11) is 0. The smallest absolute Gasteiger partial charge is 0.231 e. The van der Waals surface area contributed by atoms with Crippen molar-refractivity contribution >= 4 is 11.3 Å². The van der Waals surface area contributed by atoms with Crippen LogP contribution in [-0.2, 0) is 0 Å². The van der Waals surface area contributed by atoms with Crippen LogP contribution in [0.4, 0.5) is 0 Å². The molecule has 4 nitrogen and oxygen atoms in total. The van der Waals surface area contributed by atoms with Crippen molar-refractivity contribution in [3.8, 4) is 11.5 Å². The molecule has 122 valence electrons. The van der Waals surface area contributed by atoms with Crippen molar-refractivity contribution < 1.29 is 9.47 Å². The lowest BCUT2D eigenvalue weighted by Crippen LogP contribution is -2.32. The predicted octanol–water partition coefficient (Wildman–Crippen LogP) is 3.17. The zero-order valence-electron chi connectivity index (χ0n) is 13.4. The van der Waals surface area contributed by atoms with E-state index in [0.29, 0.717) is 12.8 Å². The summed E-state index contributed by atoms with van der Waals surface area (Å²) >= 11 is 1.85. The van der Waals surface area contributed by atoms with Crippen LogP contribution in [0.5, 0.6) is 11.5 Å². The van der Waals surface area contributed by atoms with E-state index in [0.717, 1.165) is 37.7 Å². The van der Waals surface area contributed by atoms with Gasteiger partial charge >= 0.3 is 0 Å². The molecule has 1 fully saturated rings. The van der Waals surface area contributed by atoms with E-state index in [-0.39, 0.29) is 0 Å². The molecule has 1 aromatic heterocycles. The Balaban J connectivity index is 1.74. The van der Waals surface area contributed by atoms with Gasteiger partial charge in [-0.15, -0.1) is 11.3 Å². The van der Waals surface area contributed by atoms with Gasteiger partial charge in [-0.2, -0.15) is 0 Å². The molecule has 2 aliphatic rings. The van der Waals surface area contributed by atoms with Crippen LogP contribution < -0.4 is 14.8 Å². The van der Waals surface area contributed by atoms with E-state index in [2.05, 4.69) is 40.7 Å². The molecule has 3 heterocycles. The maximum atomic E-state index is 5.60. The molecule has 23 heavy (non-hydrogen) atoms. The highest BCUT2D eigenvalue weighted by atomic mass is 32.1. The standard InChI is InChI=1S/C18H22N2O2S/c1-13-5-10-23-18(13)17(20-8-2-6-19-7-9-20)14-3-4-15-16(11-14)22-12-21-15/h3-5,10-11,17,19H,2,6-9,12H2,1H3. The van der Waals surface area contributed by atoms with E-state index in [1.165, 1.54) is 22.4 Å². The van der Waals surface area contributed by atoms with Gasteiger partial charge in [-0.1, -0.05) is 6.07 Å². The first-order chi connectivity index (χ1) is 11.3. The van der Waals surface area contributed by atoms with Gasteiger partial charge in [0.2, 0.25) is 6.79 Å². The topological polar surface area (TPSA) is 33.7 Å². The van der Waals surface area contributed by atoms with Crippen molar-refractivity contribution in [3.05, 3.63) is 45.6 Å². The minimum absolute atomic E-state index is 0.296. The zero-order chi connectivity index (χ0) is 15.6. The van der Waals surface area contributed by atoms with E-state index in [1.54, 1.807) is 0 Å². The fourth-order valence-electron chi connectivity index (χ4n) is 3.40. The number of fused-ring (bicyclic) bond motifs is 1. The largest absolute Gasteiger partial charge is 0.454 e. The Bertz CT molecular complexity index is 677. The second-order valence-electron chi connectivity index (χ2n) is 6.12. The third-order valence-corrected chi connectivity index (χ3v) is 5.67. The van der Waals surface area contributed by atoms with Gasteiger partial charge in [0, 0.05) is 24.5 Å². The maximum absolute atomic E-state index is 5.60. The summed E-state index contributed by atoms with van der Waals surface area (Å²) in [6, 6.07) is 8.91. The summed E-state index contributed by atoms with van der Waals surface area (Å²) in [5, 5.41) is 5.70. The second kappa shape index (κ2) is 6.51. The van der Waals surface area contributed by atoms with Crippen molar-refractivity contribution in [1.29, 1.82) is 0 Å². The van der Waals surface area contributed by atoms with Gasteiger partial charge in [0.15, 0.2) is 11.5 Å². The monoisotopic (exact) mass is 330 g/mol. The minimum atomic E-state index is 0.296. The Morgan fingerprint density at radius 1 is 1.13 bits per heavy atom. The average Bonchev–Trinajstić information content (AvgIpc) is 3.10. The number of benzene rings is 1. The summed E-state index contributed by atoms with van der Waals surface area (Å²) < 4.78 is 11.1. The van der Waals surface area contributed by atoms with Crippen molar-refractivity contribution in [3.63, 3.8) is 0 Å². The summed E-state index contributed by atoms with van der Waals surface area (Å²) in [5.74, 6) is 1.72. The first-order valence-corrected chi connectivity index (χ1v) is 9.09. The second-order valence-corrected chi connectivity index (χ2v) is 7.07. The Morgan fingerprint density at radius 3 is 2.91 bits per heavy atom. The molecule has 0 radical (unpaired) electrons. The number of rotatable bonds is 3. The van der Waals surface area contributed by atoms with Gasteiger partial charge in [-0.3, -0.25) is 4.90 Å². The minimum Gasteiger partial charge on any atom is -0.454 e. The van der Waals surface area contributed by atoms with Crippen LogP contribution in [0.25, 0.3) is 0 Å². The van der Waals surface area contributed by atoms with Gasteiger partial charge in [-0.05, 0) is 54.6 Å². The van der Waals surface area contributed by atoms with Crippen LogP contribution in [0, 0.1) is 6.92 Å². The summed E-state index contributed by atoms with van der Waals surface area (Å²) in [6.45, 7) is 6.87. The van der Waals surface area contributed by atoms with Gasteiger partial charge in [-0.25, -0.2) is 0 Å². The molecule has 0 bridgehead atoms. The van der Waals surface area contributed by atoms with Crippen molar-refractivity contribution in [2.24, 2.45) is 0 Å². The SMILES string of the molecule is Cc1ccsc1C(c1ccc2c(c1)OCO2)N1CCCNCC1. The third-order valence-electron chi connectivity index (χ3n) is 4.60. The molecule has 2 aliphatic heterocycles. The van der Waals surface area contributed by atoms with Crippen molar-refractivity contribution in [2.75, 3.05) is 33.0 Å². The number of hydrogen-bond acceptors (Lipinski definition) is 5. The van der Waals surface area contributed by atoms with Gasteiger partial charge in [0.1, 0.15) is 0 Å². The number of nitrogens with one attached hydrogen (secondary N) is 1. The molecule has 2 aromatic rings. The fourth-order valence-corrected chi connectivity index (χ4v) is 4.49. The summed E-state index contributed by atoms with van der Waals surface area (Å²) in [4.78, 5) is 4.03. The Hall–Kier alpha value is -1.56. The van der Waals surface area contributed by atoms with Gasteiger partial charge < -0.3 is 14.8 Å². The number of ether oxygens (including phenoxy) is 2. The highest BCUT2D eigenvalue weighted by Crippen LogP contribution is 2.40. The van der Waals surface area contributed by atoms with Crippen LogP contribution >= 0.6 is 11.3 Å². The molecule has 1 saturated heterocycles. The predicted molar refractivity (Wildman–Crippen MR) is 92.5 cm³/mol. The van der Waals surface area contributed by atoms with E-state index >= 15 is 0 Å². The lowest BCUT2D eigenvalue weighted by Gasteiger charge is -2.31. The molecular formula is C18H22N2O2S. The molecular weight excluding hydrogens is 308 g/mol. The van der Waals surface area contributed by atoms with Crippen LogP contribution in [0.15, 0.2) is 29.6 Å². The molecule has 1 N–H and O–H groups in total. The van der Waals surface area contributed by atoms with E-state index in [1.807, 2.05) is 17.4 Å². The van der Waals surface area contributed by atoms with Crippen LogP contribution in [-0.4, -0.2) is 37.9 Å². The molecule has 0 aliphatic carbocycles. The number of hydrogen-bond donors (Lipinski definition) is 1. The Labute approximate surface area is 141 Å². The van der Waals surface area contributed by atoms with Crippen LogP contribution in [0.2, 0.25) is 0 Å². The third kappa shape index (κ3) is 2.96. The first-order valence-electron chi connectivity index (χ1n) is 8.21. The highest BCUT2D eigenvalue weighted by Gasteiger charge is 2.27. The van der Waals surface area contributed by atoms with Gasteiger partial charge in [0.25, 0.3) is 0 Å². The molecule has 5 heteroatoms. The number of aryl methyl sites for hydroxylation is 1. The normalized spacial score (nSPS) is 19.5. The molecule has 1 unspecified atom stereocenters. The first kappa shape index (κ1) is 15.0. The van der Waals surface area contributed by atoms with Crippen LogP contribution in [0.3, 0.4) is 0 Å². The molecule has 1 atom stereocenters. The van der Waals surface area contributed by atoms with Crippen molar-refractivity contribution in [2.45, 2.75) is 19.4 Å². The Morgan fingerprint density at radius 2 is 2.04 bits per heavy atom. The lowest BCUT2D eigenvalue weighted by molar-refractivity contribution is 0.174. The number of thiophene rings is 1. The average molecular weight is 330 g/mol. The van der Waals surface area contributed by atoms with E-state index in [9.17, 15) is 0 Å². The maximum Gasteiger partial charge on any atom is 0.231 e. The molecule has 4 rings (SSSR count). The Kier molecular flexibility index (Phi) is 4.25. The lowest BCUT2D eigenvalue weighted by atomic mass is 10.0. The molecule has 1 aromatic carbocycles. The molecule has 0 saturated carbocycles. The fraction of sp³-hybridized carbons (Fsp3) is 0.444. The highest BCUT2D eigenvalue weighted by molar-refractivity contribution is 7.10. The van der Waals surface area contributed by atoms with E-state index in [4.69, 9.17) is 9.47 Å². The summed E-state index contributed by atoms with van der Waals surface area (Å²) in [5.41, 5.74) is 2.66. The summed E-state index contributed by atoms with van der Waals surface area (Å²) in [6.07, 6.45) is 1.19. The quantitative estimate of drug-likeness (QED) is 0.937. The van der Waals surface area contributed by atoms with E-state index < -0.39 is 0 Å². The zero-order valence-corrected chi connectivity index (χ0v) is 14.2. The van der Waals surface area contributed by atoms with Gasteiger partial charge in [0.05, 0.1) is 6.04 Å². The molecule has 0 amide bonds. The molecule has 0 spiro atoms. The van der Waals surface area contributed by atoms with Crippen molar-refractivity contribution in [1.82, 2.24) is 10.2 Å². The van der Waals surface area contributed by atoms with Crippen LogP contribution in [0.1, 0.15) is 28.5 Å².